The molecule has 0 radical (unpaired) electrons. The van der Waals surface area contributed by atoms with E-state index in [-0.39, 0.29) is 23.4 Å². The zero-order valence-corrected chi connectivity index (χ0v) is 23.2. The van der Waals surface area contributed by atoms with E-state index in [0.29, 0.717) is 52.5 Å². The highest BCUT2D eigenvalue weighted by atomic mass is 16.5. The van der Waals surface area contributed by atoms with Crippen molar-refractivity contribution in [2.75, 3.05) is 24.7 Å². The van der Waals surface area contributed by atoms with Crippen molar-refractivity contribution >= 4 is 28.5 Å². The van der Waals surface area contributed by atoms with Crippen LogP contribution in [0, 0.1) is 13.8 Å². The quantitative estimate of drug-likeness (QED) is 0.248. The average molecular weight is 542 g/mol. The lowest BCUT2D eigenvalue weighted by Crippen LogP contribution is -2.29. The molecule has 1 aromatic heterocycles. The standard InChI is InChI=1S/C32H31NO7/c1-6-37-24-14-11-21(17-26(24)38-7-2)28-27-29(34)23-15-18(4)19(5)16-25(23)40-30(27)31(35)33(28)22-12-9-20(10-13-22)32(36)39-8-3/h9-17,28H,6-8H2,1-5H3. The van der Waals surface area contributed by atoms with E-state index in [4.69, 9.17) is 18.6 Å². The molecule has 0 N–H and O–H groups in total. The first kappa shape index (κ1) is 27.0. The fraction of sp³-hybridized carbons (Fsp3) is 0.281. The van der Waals surface area contributed by atoms with Gasteiger partial charge >= 0.3 is 5.97 Å². The maximum absolute atomic E-state index is 14.0. The van der Waals surface area contributed by atoms with E-state index < -0.39 is 17.9 Å². The highest BCUT2D eigenvalue weighted by Crippen LogP contribution is 2.43. The number of carbonyl (C=O) groups is 2. The van der Waals surface area contributed by atoms with Crippen molar-refractivity contribution in [3.8, 4) is 11.5 Å². The monoisotopic (exact) mass is 541 g/mol. The molecule has 206 valence electrons. The fourth-order valence-corrected chi connectivity index (χ4v) is 5.02. The Morgan fingerprint density at radius 2 is 1.52 bits per heavy atom. The maximum atomic E-state index is 14.0. The smallest absolute Gasteiger partial charge is 0.338 e. The summed E-state index contributed by atoms with van der Waals surface area (Å²) in [6.45, 7) is 10.5. The molecule has 5 rings (SSSR count). The van der Waals surface area contributed by atoms with Crippen LogP contribution in [0.2, 0.25) is 0 Å². The number of amides is 1. The minimum absolute atomic E-state index is 0.00735. The van der Waals surface area contributed by atoms with Gasteiger partial charge in [-0.05, 0) is 99.8 Å². The summed E-state index contributed by atoms with van der Waals surface area (Å²) < 4.78 is 22.8. The van der Waals surface area contributed by atoms with Crippen LogP contribution < -0.4 is 19.8 Å². The molecule has 0 bridgehead atoms. The van der Waals surface area contributed by atoms with Gasteiger partial charge in [0.1, 0.15) is 5.58 Å². The van der Waals surface area contributed by atoms with Gasteiger partial charge in [0, 0.05) is 5.69 Å². The molecule has 2 heterocycles. The Balaban J connectivity index is 1.73. The minimum atomic E-state index is -0.798. The van der Waals surface area contributed by atoms with Crippen molar-refractivity contribution in [2.45, 2.75) is 40.7 Å². The second-order valence-electron chi connectivity index (χ2n) is 9.52. The van der Waals surface area contributed by atoms with E-state index in [0.717, 1.165) is 11.1 Å². The summed E-state index contributed by atoms with van der Waals surface area (Å²) in [6, 6.07) is 14.7. The molecule has 3 aromatic carbocycles. The molecule has 0 aliphatic carbocycles. The van der Waals surface area contributed by atoms with E-state index in [9.17, 15) is 14.4 Å². The first-order chi connectivity index (χ1) is 19.3. The van der Waals surface area contributed by atoms with Crippen LogP contribution in [0.25, 0.3) is 11.0 Å². The Bertz CT molecular complexity index is 1670. The van der Waals surface area contributed by atoms with Crippen LogP contribution in [0.5, 0.6) is 11.5 Å². The Labute approximate surface area is 232 Å². The largest absolute Gasteiger partial charge is 0.490 e. The van der Waals surface area contributed by atoms with E-state index in [1.165, 1.54) is 4.90 Å². The number of carbonyl (C=O) groups excluding carboxylic acids is 2. The number of rotatable bonds is 8. The summed E-state index contributed by atoms with van der Waals surface area (Å²) in [7, 11) is 0. The van der Waals surface area contributed by atoms with Gasteiger partial charge in [0.2, 0.25) is 5.76 Å². The average Bonchev–Trinajstić information content (AvgIpc) is 3.23. The molecular weight excluding hydrogens is 510 g/mol. The van der Waals surface area contributed by atoms with Gasteiger partial charge in [-0.2, -0.15) is 0 Å². The number of benzene rings is 3. The number of fused-ring (bicyclic) bond motifs is 2. The zero-order valence-electron chi connectivity index (χ0n) is 23.2. The highest BCUT2D eigenvalue weighted by Gasteiger charge is 2.44. The van der Waals surface area contributed by atoms with Crippen molar-refractivity contribution in [3.05, 3.63) is 98.4 Å². The van der Waals surface area contributed by atoms with E-state index in [1.807, 2.05) is 33.8 Å². The molecule has 40 heavy (non-hydrogen) atoms. The molecule has 0 spiro atoms. The molecule has 1 aliphatic heterocycles. The summed E-state index contributed by atoms with van der Waals surface area (Å²) in [6.07, 6.45) is 0. The van der Waals surface area contributed by atoms with Gasteiger partial charge in [-0.25, -0.2) is 4.79 Å². The molecule has 8 nitrogen and oxygen atoms in total. The van der Waals surface area contributed by atoms with Gasteiger partial charge in [-0.1, -0.05) is 6.07 Å². The summed E-state index contributed by atoms with van der Waals surface area (Å²) in [4.78, 5) is 41.8. The second kappa shape index (κ2) is 10.9. The lowest BCUT2D eigenvalue weighted by molar-refractivity contribution is 0.0526. The Kier molecular flexibility index (Phi) is 7.34. The Morgan fingerprint density at radius 3 is 2.20 bits per heavy atom. The van der Waals surface area contributed by atoms with Crippen molar-refractivity contribution in [2.24, 2.45) is 0 Å². The van der Waals surface area contributed by atoms with Crippen LogP contribution >= 0.6 is 0 Å². The summed E-state index contributed by atoms with van der Waals surface area (Å²) >= 11 is 0. The predicted molar refractivity (Wildman–Crippen MR) is 152 cm³/mol. The molecule has 0 fully saturated rings. The molecule has 0 saturated heterocycles. The number of hydrogen-bond donors (Lipinski definition) is 0. The number of nitrogens with zero attached hydrogens (tertiary/aromatic N) is 1. The third-order valence-electron chi connectivity index (χ3n) is 7.03. The van der Waals surface area contributed by atoms with Crippen molar-refractivity contribution < 1.29 is 28.2 Å². The molecule has 1 unspecified atom stereocenters. The van der Waals surface area contributed by atoms with Crippen LogP contribution in [0.1, 0.15) is 70.0 Å². The third kappa shape index (κ3) is 4.59. The van der Waals surface area contributed by atoms with Gasteiger partial charge in [0.05, 0.1) is 42.4 Å². The third-order valence-corrected chi connectivity index (χ3v) is 7.03. The van der Waals surface area contributed by atoms with Crippen LogP contribution in [-0.4, -0.2) is 31.7 Å². The Morgan fingerprint density at radius 1 is 0.850 bits per heavy atom. The highest BCUT2D eigenvalue weighted by molar-refractivity contribution is 6.11. The van der Waals surface area contributed by atoms with E-state index in [2.05, 4.69) is 0 Å². The van der Waals surface area contributed by atoms with Crippen LogP contribution in [-0.2, 0) is 4.74 Å². The van der Waals surface area contributed by atoms with E-state index in [1.54, 1.807) is 55.5 Å². The van der Waals surface area contributed by atoms with Crippen LogP contribution in [0.3, 0.4) is 0 Å². The minimum Gasteiger partial charge on any atom is -0.490 e. The second-order valence-corrected chi connectivity index (χ2v) is 9.52. The van der Waals surface area contributed by atoms with Gasteiger partial charge < -0.3 is 18.6 Å². The molecule has 1 amide bonds. The van der Waals surface area contributed by atoms with Gasteiger partial charge in [0.25, 0.3) is 5.91 Å². The topological polar surface area (TPSA) is 95.3 Å². The SMILES string of the molecule is CCOC(=O)c1ccc(N2C(=O)c3oc4cc(C)c(C)cc4c(=O)c3C2c2ccc(OCC)c(OCC)c2)cc1. The summed E-state index contributed by atoms with van der Waals surface area (Å²) in [5, 5.41) is 0.412. The van der Waals surface area contributed by atoms with Gasteiger partial charge in [0.15, 0.2) is 16.9 Å². The maximum Gasteiger partial charge on any atom is 0.338 e. The number of ether oxygens (including phenoxy) is 3. The molecule has 8 heteroatoms. The molecule has 1 atom stereocenters. The molecule has 0 saturated carbocycles. The van der Waals surface area contributed by atoms with Crippen LogP contribution in [0.4, 0.5) is 5.69 Å². The van der Waals surface area contributed by atoms with Crippen molar-refractivity contribution in [3.63, 3.8) is 0 Å². The summed E-state index contributed by atoms with van der Waals surface area (Å²) in [5.74, 6) is 0.167. The number of hydrogen-bond acceptors (Lipinski definition) is 7. The van der Waals surface area contributed by atoms with Crippen molar-refractivity contribution in [1.29, 1.82) is 0 Å². The van der Waals surface area contributed by atoms with E-state index >= 15 is 0 Å². The lowest BCUT2D eigenvalue weighted by atomic mass is 9.96. The fourth-order valence-electron chi connectivity index (χ4n) is 5.02. The Hall–Kier alpha value is -4.59. The summed E-state index contributed by atoms with van der Waals surface area (Å²) in [5.41, 5.74) is 3.76. The zero-order chi connectivity index (χ0) is 28.6. The van der Waals surface area contributed by atoms with Gasteiger partial charge in [-0.15, -0.1) is 0 Å². The molecular formula is C32H31NO7. The predicted octanol–water partition coefficient (Wildman–Crippen LogP) is 6.13. The number of esters is 1. The normalized spacial score (nSPS) is 14.4. The molecule has 4 aromatic rings. The molecule has 1 aliphatic rings. The number of anilines is 1. The number of aryl methyl sites for hydroxylation is 2. The van der Waals surface area contributed by atoms with Gasteiger partial charge in [-0.3, -0.25) is 14.5 Å². The van der Waals surface area contributed by atoms with Crippen molar-refractivity contribution in [1.82, 2.24) is 0 Å². The first-order valence-electron chi connectivity index (χ1n) is 13.4. The van der Waals surface area contributed by atoms with Crippen LogP contribution in [0.15, 0.2) is 63.8 Å². The first-order valence-corrected chi connectivity index (χ1v) is 13.4. The lowest BCUT2D eigenvalue weighted by Gasteiger charge is -2.26.